The quantitative estimate of drug-likeness (QED) is 0.760. The molecule has 4 atom stereocenters. The molecule has 1 aliphatic carbocycles. The predicted octanol–water partition coefficient (Wildman–Crippen LogP) is 2.97. The molecule has 0 radical (unpaired) electrons. The third kappa shape index (κ3) is 4.70. The molecule has 7 nitrogen and oxygen atoms in total. The van der Waals surface area contributed by atoms with Crippen LogP contribution in [0.15, 0.2) is 35.3 Å². The number of carbonyl (C=O) groups excluding carboxylic acids is 2. The van der Waals surface area contributed by atoms with Gasteiger partial charge in [-0.2, -0.15) is 0 Å². The number of fused-ring (bicyclic) bond motifs is 1. The van der Waals surface area contributed by atoms with E-state index in [-0.39, 0.29) is 17.4 Å². The number of hydrogen-bond donors (Lipinski definition) is 2. The van der Waals surface area contributed by atoms with Gasteiger partial charge in [-0.1, -0.05) is 51.1 Å². The van der Waals surface area contributed by atoms with Crippen LogP contribution in [0.5, 0.6) is 0 Å². The van der Waals surface area contributed by atoms with Gasteiger partial charge in [-0.05, 0) is 49.0 Å². The fraction of sp³-hybridized carbons (Fsp3) is 0.625. The summed E-state index contributed by atoms with van der Waals surface area (Å²) in [5.41, 5.74) is 1.57. The molecular weight excluding hydrogens is 390 g/mol. The molecule has 7 heteroatoms. The van der Waals surface area contributed by atoms with Gasteiger partial charge in [0, 0.05) is 19.6 Å². The number of carbonyl (C=O) groups is 2. The van der Waals surface area contributed by atoms with Crippen molar-refractivity contribution < 1.29 is 9.59 Å². The Morgan fingerprint density at radius 1 is 1.19 bits per heavy atom. The summed E-state index contributed by atoms with van der Waals surface area (Å²) >= 11 is 0. The van der Waals surface area contributed by atoms with E-state index in [4.69, 9.17) is 4.99 Å². The number of rotatable bonds is 5. The van der Waals surface area contributed by atoms with Gasteiger partial charge in [0.25, 0.3) is 5.91 Å². The predicted molar refractivity (Wildman–Crippen MR) is 122 cm³/mol. The van der Waals surface area contributed by atoms with Crippen LogP contribution >= 0.6 is 0 Å². The molecule has 168 valence electrons. The van der Waals surface area contributed by atoms with Gasteiger partial charge < -0.3 is 15.1 Å². The molecule has 2 heterocycles. The zero-order chi connectivity index (χ0) is 22.2. The van der Waals surface area contributed by atoms with Crippen molar-refractivity contribution in [2.45, 2.75) is 71.1 Å². The minimum atomic E-state index is -0.477. The Morgan fingerprint density at radius 2 is 1.94 bits per heavy atom. The van der Waals surface area contributed by atoms with Crippen molar-refractivity contribution in [3.05, 3.63) is 35.9 Å². The van der Waals surface area contributed by atoms with Gasteiger partial charge in [-0.25, -0.2) is 9.79 Å². The van der Waals surface area contributed by atoms with Gasteiger partial charge in [-0.3, -0.25) is 10.1 Å². The fourth-order valence-electron chi connectivity index (χ4n) is 5.63. The number of likely N-dealkylation sites (N-methyl/N-ethyl adjacent to an activating group) is 1. The Bertz CT molecular complexity index is 853. The zero-order valence-electron chi connectivity index (χ0n) is 19.1. The lowest BCUT2D eigenvalue weighted by molar-refractivity contribution is -0.127. The molecule has 0 aromatic heterocycles. The molecule has 1 aromatic rings. The lowest BCUT2D eigenvalue weighted by atomic mass is 9.70. The summed E-state index contributed by atoms with van der Waals surface area (Å²) in [6.45, 7) is 7.67. The Kier molecular flexibility index (Phi) is 5.95. The van der Waals surface area contributed by atoms with E-state index in [9.17, 15) is 9.59 Å². The smallest absolute Gasteiger partial charge is 0.325 e. The first kappa shape index (κ1) is 21.7. The number of imide groups is 1. The first-order chi connectivity index (χ1) is 14.7. The number of benzene rings is 1. The van der Waals surface area contributed by atoms with Crippen molar-refractivity contribution >= 4 is 17.9 Å². The molecule has 1 saturated carbocycles. The van der Waals surface area contributed by atoms with Crippen molar-refractivity contribution in [1.82, 2.24) is 20.4 Å². The number of nitrogens with one attached hydrogen (secondary N) is 2. The van der Waals surface area contributed by atoms with E-state index in [1.165, 1.54) is 12.0 Å². The van der Waals surface area contributed by atoms with Gasteiger partial charge in [-0.15, -0.1) is 0 Å². The van der Waals surface area contributed by atoms with E-state index < -0.39 is 12.2 Å². The lowest BCUT2D eigenvalue weighted by Crippen LogP contribution is -2.64. The maximum atomic E-state index is 12.8. The number of urea groups is 1. The molecule has 2 fully saturated rings. The van der Waals surface area contributed by atoms with Crippen LogP contribution in [0, 0.1) is 11.3 Å². The van der Waals surface area contributed by atoms with Gasteiger partial charge in [0.05, 0.1) is 0 Å². The Morgan fingerprint density at radius 3 is 2.65 bits per heavy atom. The summed E-state index contributed by atoms with van der Waals surface area (Å²) in [7, 11) is 1.71. The van der Waals surface area contributed by atoms with E-state index >= 15 is 0 Å². The molecule has 31 heavy (non-hydrogen) atoms. The molecule has 0 spiro atoms. The number of aryl methyl sites for hydroxylation is 1. The minimum absolute atomic E-state index is 0.259. The number of hydrogen-bond acceptors (Lipinski definition) is 5. The van der Waals surface area contributed by atoms with Crippen LogP contribution in [0.25, 0.3) is 0 Å². The summed E-state index contributed by atoms with van der Waals surface area (Å²) in [5, 5.41) is 6.16. The van der Waals surface area contributed by atoms with E-state index in [1.807, 2.05) is 6.07 Å². The topological polar surface area (TPSA) is 77.0 Å². The molecular formula is C24H35N5O2. The normalized spacial score (nSPS) is 30.0. The average molecular weight is 426 g/mol. The van der Waals surface area contributed by atoms with Crippen LogP contribution in [0.2, 0.25) is 0 Å². The second kappa shape index (κ2) is 8.52. The van der Waals surface area contributed by atoms with Crippen molar-refractivity contribution in [3.8, 4) is 0 Å². The van der Waals surface area contributed by atoms with Crippen LogP contribution in [-0.2, 0) is 11.2 Å². The maximum Gasteiger partial charge on any atom is 0.325 e. The van der Waals surface area contributed by atoms with E-state index in [0.717, 1.165) is 31.6 Å². The molecule has 4 unspecified atom stereocenters. The van der Waals surface area contributed by atoms with Crippen LogP contribution in [0.1, 0.15) is 52.0 Å². The molecule has 3 amide bonds. The molecule has 0 bridgehead atoms. The molecule has 4 rings (SSSR count). The van der Waals surface area contributed by atoms with Crippen molar-refractivity contribution in [2.75, 3.05) is 13.6 Å². The highest BCUT2D eigenvalue weighted by Crippen LogP contribution is 2.38. The standard InChI is InChI=1S/C24H35N5O2/c1-16-13-18(15-24(2,3)14-16)25-22-26-20-19(21(30)27-23(31)28(20)4)29(22)12-8-11-17-9-6-5-7-10-17/h5-7,9-10,16,18-20H,8,11-15H2,1-4H3,(H,25,26)(H,27,30,31). The van der Waals surface area contributed by atoms with Crippen LogP contribution in [-0.4, -0.2) is 59.5 Å². The van der Waals surface area contributed by atoms with Crippen molar-refractivity contribution in [2.24, 2.45) is 16.3 Å². The number of guanidine groups is 1. The second-order valence-corrected chi connectivity index (χ2v) is 10.3. The fourth-order valence-corrected chi connectivity index (χ4v) is 5.63. The highest BCUT2D eigenvalue weighted by atomic mass is 16.2. The third-order valence-corrected chi connectivity index (χ3v) is 6.79. The maximum absolute atomic E-state index is 12.8. The third-order valence-electron chi connectivity index (χ3n) is 6.79. The number of aliphatic imine (C=N–C) groups is 1. The van der Waals surface area contributed by atoms with Gasteiger partial charge in [0.1, 0.15) is 0 Å². The Balaban J connectivity index is 1.51. The largest absolute Gasteiger partial charge is 0.353 e. The van der Waals surface area contributed by atoms with Gasteiger partial charge in [0.15, 0.2) is 18.2 Å². The first-order valence-electron chi connectivity index (χ1n) is 11.5. The van der Waals surface area contributed by atoms with E-state index in [0.29, 0.717) is 18.5 Å². The summed E-state index contributed by atoms with van der Waals surface area (Å²) in [4.78, 5) is 33.4. The van der Waals surface area contributed by atoms with Gasteiger partial charge >= 0.3 is 6.03 Å². The van der Waals surface area contributed by atoms with Crippen molar-refractivity contribution in [3.63, 3.8) is 0 Å². The monoisotopic (exact) mass is 425 g/mol. The molecule has 1 aromatic carbocycles. The second-order valence-electron chi connectivity index (χ2n) is 10.3. The van der Waals surface area contributed by atoms with Crippen LogP contribution < -0.4 is 10.6 Å². The highest BCUT2D eigenvalue weighted by Gasteiger charge is 2.49. The van der Waals surface area contributed by atoms with Crippen molar-refractivity contribution in [1.29, 1.82) is 0 Å². The number of amides is 3. The highest BCUT2D eigenvalue weighted by molar-refractivity contribution is 6.03. The van der Waals surface area contributed by atoms with Crippen LogP contribution in [0.3, 0.4) is 0 Å². The molecule has 2 aliphatic heterocycles. The van der Waals surface area contributed by atoms with E-state index in [2.05, 4.69) is 60.6 Å². The Hall–Kier alpha value is -2.57. The number of nitrogens with zero attached hydrogens (tertiary/aromatic N) is 3. The van der Waals surface area contributed by atoms with Crippen LogP contribution in [0.4, 0.5) is 4.79 Å². The van der Waals surface area contributed by atoms with E-state index in [1.54, 1.807) is 11.9 Å². The SMILES string of the molecule is CC1CC(NC2=NC3C(C(=O)NC(=O)N3C)N2CCCc2ccccc2)CC(C)(C)C1. The average Bonchev–Trinajstić information content (AvgIpc) is 3.04. The lowest BCUT2D eigenvalue weighted by Gasteiger charge is -2.41. The Labute approximate surface area is 185 Å². The molecule has 1 saturated heterocycles. The zero-order valence-corrected chi connectivity index (χ0v) is 19.1. The van der Waals surface area contributed by atoms with Gasteiger partial charge in [0.2, 0.25) is 0 Å². The molecule has 2 N–H and O–H groups in total. The summed E-state index contributed by atoms with van der Waals surface area (Å²) in [6.07, 6.45) is 4.76. The summed E-state index contributed by atoms with van der Waals surface area (Å²) < 4.78 is 0. The minimum Gasteiger partial charge on any atom is -0.353 e. The molecule has 3 aliphatic rings. The summed E-state index contributed by atoms with van der Waals surface area (Å²) in [5.74, 6) is 1.14. The summed E-state index contributed by atoms with van der Waals surface area (Å²) in [6, 6.07) is 9.85. The first-order valence-corrected chi connectivity index (χ1v) is 11.5.